The van der Waals surface area contributed by atoms with Crippen LogP contribution < -0.4 is 9.47 Å². The van der Waals surface area contributed by atoms with Crippen molar-refractivity contribution in [1.82, 2.24) is 14.8 Å². The minimum absolute atomic E-state index is 0.438. The fourth-order valence-corrected chi connectivity index (χ4v) is 6.07. The van der Waals surface area contributed by atoms with E-state index in [1.54, 1.807) is 0 Å². The maximum Gasteiger partial charge on any atom is 0.131 e. The smallest absolute Gasteiger partial charge is 0.131 e. The number of halogens is 1. The molecule has 216 valence electrons. The van der Waals surface area contributed by atoms with Crippen molar-refractivity contribution in [3.63, 3.8) is 0 Å². The number of piperidine rings is 1. The van der Waals surface area contributed by atoms with Crippen LogP contribution >= 0.6 is 11.6 Å². The van der Waals surface area contributed by atoms with E-state index in [1.165, 1.54) is 0 Å². The second kappa shape index (κ2) is 12.9. The summed E-state index contributed by atoms with van der Waals surface area (Å²) in [5, 5.41) is 12.0. The molecule has 0 amide bonds. The highest BCUT2D eigenvalue weighted by molar-refractivity contribution is 6.30. The number of aromatic nitrogens is 1. The Balaban J connectivity index is 1.14. The van der Waals surface area contributed by atoms with Gasteiger partial charge in [-0.3, -0.25) is 9.88 Å². The normalized spacial score (nSPS) is 20.1. The molecule has 3 aliphatic heterocycles. The molecule has 2 saturated heterocycles. The van der Waals surface area contributed by atoms with E-state index in [0.29, 0.717) is 31.1 Å². The van der Waals surface area contributed by atoms with Gasteiger partial charge in [-0.2, -0.15) is 0 Å². The Kier molecular flexibility index (Phi) is 8.89. The van der Waals surface area contributed by atoms with E-state index < -0.39 is 5.60 Å². The van der Waals surface area contributed by atoms with Crippen LogP contribution in [0.4, 0.5) is 0 Å². The highest BCUT2D eigenvalue weighted by Gasteiger charge is 2.33. The maximum absolute atomic E-state index is 11.3. The average Bonchev–Trinajstić information content (AvgIpc) is 3.16. The number of hydrogen-bond acceptors (Lipinski definition) is 7. The third kappa shape index (κ3) is 6.76. The number of fused-ring (bicyclic) bond motifs is 2. The van der Waals surface area contributed by atoms with Gasteiger partial charge in [0.25, 0.3) is 0 Å². The van der Waals surface area contributed by atoms with E-state index in [2.05, 4.69) is 33.0 Å². The fraction of sp³-hybridized carbons (Fsp3) is 0.424. The Labute approximate surface area is 247 Å². The molecule has 3 aromatic rings. The molecule has 41 heavy (non-hydrogen) atoms. The van der Waals surface area contributed by atoms with Gasteiger partial charge in [0.15, 0.2) is 0 Å². The monoisotopic (exact) mass is 575 g/mol. The van der Waals surface area contributed by atoms with E-state index in [4.69, 9.17) is 25.8 Å². The topological polar surface area (TPSA) is 67.3 Å². The van der Waals surface area contributed by atoms with Crippen molar-refractivity contribution in [3.05, 3.63) is 94.3 Å². The van der Waals surface area contributed by atoms with Crippen molar-refractivity contribution < 1.29 is 19.3 Å². The molecule has 2 fully saturated rings. The number of pyridine rings is 1. The summed E-state index contributed by atoms with van der Waals surface area (Å²) in [6.07, 6.45) is 6.43. The Morgan fingerprint density at radius 2 is 1.73 bits per heavy atom. The Bertz CT molecular complexity index is 1350. The molecular weight excluding hydrogens is 538 g/mol. The quantitative estimate of drug-likeness (QED) is 0.399. The fourth-order valence-electron chi connectivity index (χ4n) is 5.95. The van der Waals surface area contributed by atoms with Crippen LogP contribution in [-0.4, -0.2) is 79.0 Å². The molecule has 7 nitrogen and oxygen atoms in total. The van der Waals surface area contributed by atoms with Gasteiger partial charge in [0.05, 0.1) is 24.5 Å². The van der Waals surface area contributed by atoms with E-state index in [9.17, 15) is 5.11 Å². The molecule has 0 unspecified atom stereocenters. The van der Waals surface area contributed by atoms with E-state index >= 15 is 0 Å². The first-order valence-electron chi connectivity index (χ1n) is 14.6. The third-order valence-electron chi connectivity index (χ3n) is 8.42. The molecule has 6 rings (SSSR count). The first-order chi connectivity index (χ1) is 20.1. The lowest BCUT2D eigenvalue weighted by atomic mass is 9.84. The summed E-state index contributed by atoms with van der Waals surface area (Å²) in [5.41, 5.74) is 4.37. The SMILES string of the molecule is OC1(c2ccc(Cl)cc2)CCN(CC/C=C2/c3cc(OCCN4CCOCC4)ccc3OCc3ncccc32)CC1. The van der Waals surface area contributed by atoms with Crippen LogP contribution in [0.15, 0.2) is 66.9 Å². The van der Waals surface area contributed by atoms with Crippen LogP contribution in [0.2, 0.25) is 5.02 Å². The van der Waals surface area contributed by atoms with Gasteiger partial charge in [-0.05, 0) is 66.8 Å². The molecule has 3 aliphatic rings. The first-order valence-corrected chi connectivity index (χ1v) is 15.0. The van der Waals surface area contributed by atoms with Crippen LogP contribution in [0.3, 0.4) is 0 Å². The largest absolute Gasteiger partial charge is 0.492 e. The molecule has 0 spiro atoms. The molecule has 2 aromatic carbocycles. The van der Waals surface area contributed by atoms with Crippen molar-refractivity contribution in [3.8, 4) is 11.5 Å². The van der Waals surface area contributed by atoms with Crippen molar-refractivity contribution in [2.45, 2.75) is 31.5 Å². The summed E-state index contributed by atoms with van der Waals surface area (Å²) in [6.45, 7) is 8.06. The molecule has 4 heterocycles. The van der Waals surface area contributed by atoms with Gasteiger partial charge < -0.3 is 24.2 Å². The second-order valence-electron chi connectivity index (χ2n) is 11.0. The molecule has 0 bridgehead atoms. The van der Waals surface area contributed by atoms with Gasteiger partial charge in [0.2, 0.25) is 0 Å². The zero-order chi connectivity index (χ0) is 28.1. The predicted octanol–water partition coefficient (Wildman–Crippen LogP) is 5.14. The number of morpholine rings is 1. The highest BCUT2D eigenvalue weighted by atomic mass is 35.5. The van der Waals surface area contributed by atoms with Gasteiger partial charge in [0, 0.05) is 61.6 Å². The lowest BCUT2D eigenvalue weighted by Gasteiger charge is -2.38. The van der Waals surface area contributed by atoms with Gasteiger partial charge in [-0.25, -0.2) is 0 Å². The Morgan fingerprint density at radius 1 is 0.951 bits per heavy atom. The van der Waals surface area contributed by atoms with E-state index in [1.807, 2.05) is 48.7 Å². The Morgan fingerprint density at radius 3 is 2.54 bits per heavy atom. The summed E-state index contributed by atoms with van der Waals surface area (Å²) in [6, 6.07) is 17.8. The van der Waals surface area contributed by atoms with Crippen LogP contribution in [0.1, 0.15) is 41.6 Å². The molecule has 0 aliphatic carbocycles. The van der Waals surface area contributed by atoms with Crippen LogP contribution in [0, 0.1) is 0 Å². The van der Waals surface area contributed by atoms with Crippen LogP contribution in [0.5, 0.6) is 11.5 Å². The number of benzene rings is 2. The van der Waals surface area contributed by atoms with Crippen molar-refractivity contribution >= 4 is 17.2 Å². The summed E-state index contributed by atoms with van der Waals surface area (Å²) >= 11 is 6.05. The number of likely N-dealkylation sites (tertiary alicyclic amines) is 1. The summed E-state index contributed by atoms with van der Waals surface area (Å²) in [4.78, 5) is 9.44. The molecule has 0 atom stereocenters. The van der Waals surface area contributed by atoms with Crippen molar-refractivity contribution in [1.29, 1.82) is 0 Å². The lowest BCUT2D eigenvalue weighted by Crippen LogP contribution is -2.42. The predicted molar refractivity (Wildman–Crippen MR) is 160 cm³/mol. The minimum atomic E-state index is -0.792. The number of hydrogen-bond donors (Lipinski definition) is 1. The van der Waals surface area contributed by atoms with E-state index in [-0.39, 0.29) is 0 Å². The Hall–Kier alpha value is -2.94. The molecule has 0 saturated carbocycles. The van der Waals surface area contributed by atoms with Crippen molar-refractivity contribution in [2.75, 3.05) is 59.1 Å². The third-order valence-corrected chi connectivity index (χ3v) is 8.68. The first kappa shape index (κ1) is 28.2. The molecule has 1 N–H and O–H groups in total. The van der Waals surface area contributed by atoms with Gasteiger partial charge in [-0.15, -0.1) is 0 Å². The number of nitrogens with zero attached hydrogens (tertiary/aromatic N) is 3. The molecular formula is C33H38ClN3O4. The summed E-state index contributed by atoms with van der Waals surface area (Å²) < 4.78 is 17.8. The maximum atomic E-state index is 11.3. The number of aliphatic hydroxyl groups is 1. The van der Waals surface area contributed by atoms with Gasteiger partial charge in [0.1, 0.15) is 24.7 Å². The summed E-state index contributed by atoms with van der Waals surface area (Å²) in [7, 11) is 0. The van der Waals surface area contributed by atoms with Crippen molar-refractivity contribution in [2.24, 2.45) is 0 Å². The van der Waals surface area contributed by atoms with Crippen LogP contribution in [-0.2, 0) is 16.9 Å². The number of rotatable bonds is 8. The van der Waals surface area contributed by atoms with Gasteiger partial charge >= 0.3 is 0 Å². The lowest BCUT2D eigenvalue weighted by molar-refractivity contribution is -0.0254. The van der Waals surface area contributed by atoms with E-state index in [0.717, 1.165) is 98.4 Å². The zero-order valence-electron chi connectivity index (χ0n) is 23.4. The second-order valence-corrected chi connectivity index (χ2v) is 11.5. The average molecular weight is 576 g/mol. The molecule has 0 radical (unpaired) electrons. The van der Waals surface area contributed by atoms with Gasteiger partial charge in [-0.1, -0.05) is 35.9 Å². The highest BCUT2D eigenvalue weighted by Crippen LogP contribution is 2.39. The number of ether oxygens (including phenoxy) is 3. The summed E-state index contributed by atoms with van der Waals surface area (Å²) in [5.74, 6) is 1.69. The molecule has 1 aromatic heterocycles. The standard InChI is InChI=1S/C33H38ClN3O4/c34-26-7-5-25(6-8-26)33(38)11-15-36(16-12-33)14-2-4-28-29-3-1-13-35-31(29)24-41-32-10-9-27(23-30(28)32)40-22-19-37-17-20-39-21-18-37/h1,3-10,13,23,38H,2,11-12,14-22,24H2/b28-4+. The van der Waals surface area contributed by atoms with Crippen LogP contribution in [0.25, 0.3) is 5.57 Å². The minimum Gasteiger partial charge on any atom is -0.492 e. The zero-order valence-corrected chi connectivity index (χ0v) is 24.2. The molecule has 8 heteroatoms.